The molecule has 0 saturated heterocycles. The molecule has 21 heavy (non-hydrogen) atoms. The molecule has 2 nitrogen and oxygen atoms in total. The Morgan fingerprint density at radius 1 is 1.05 bits per heavy atom. The summed E-state index contributed by atoms with van der Waals surface area (Å²) in [6, 6.07) is 9.73. The van der Waals surface area contributed by atoms with Crippen LogP contribution in [0.15, 0.2) is 24.3 Å². The lowest BCUT2D eigenvalue weighted by molar-refractivity contribution is 0.0951. The summed E-state index contributed by atoms with van der Waals surface area (Å²) in [5.74, 6) is 0.649. The molecule has 0 aliphatic rings. The first-order valence-corrected chi connectivity index (χ1v) is 8.49. The molecule has 0 aliphatic carbocycles. The second-order valence-electron chi connectivity index (χ2n) is 6.72. The highest BCUT2D eigenvalue weighted by molar-refractivity contribution is 5.30. The maximum absolute atomic E-state index is 6.42. The molecule has 2 unspecified atom stereocenters. The Labute approximate surface area is 131 Å². The van der Waals surface area contributed by atoms with Gasteiger partial charge in [0, 0.05) is 18.6 Å². The van der Waals surface area contributed by atoms with Crippen LogP contribution in [0, 0.1) is 12.8 Å². The van der Waals surface area contributed by atoms with E-state index in [4.69, 9.17) is 5.73 Å². The van der Waals surface area contributed by atoms with Crippen molar-refractivity contribution in [3.63, 3.8) is 0 Å². The molecule has 0 radical (unpaired) electrons. The van der Waals surface area contributed by atoms with Crippen molar-refractivity contribution < 1.29 is 0 Å². The first-order chi connectivity index (χ1) is 9.92. The summed E-state index contributed by atoms with van der Waals surface area (Å²) in [6.45, 7) is 14.6. The third-order valence-corrected chi connectivity index (χ3v) is 4.35. The molecule has 0 heterocycles. The van der Waals surface area contributed by atoms with Crippen LogP contribution in [0.4, 0.5) is 0 Å². The molecule has 0 bridgehead atoms. The van der Waals surface area contributed by atoms with Gasteiger partial charge in [0.05, 0.1) is 6.04 Å². The molecule has 0 spiro atoms. The van der Waals surface area contributed by atoms with Gasteiger partial charge < -0.3 is 5.73 Å². The minimum Gasteiger partial charge on any atom is -0.326 e. The Hall–Kier alpha value is -0.860. The molecule has 1 rings (SSSR count). The molecule has 0 saturated carbocycles. The highest BCUT2D eigenvalue weighted by atomic mass is 15.2. The molecular formula is C19H34N2. The highest BCUT2D eigenvalue weighted by Crippen LogP contribution is 2.30. The van der Waals surface area contributed by atoms with Gasteiger partial charge in [0.2, 0.25) is 0 Å². The van der Waals surface area contributed by atoms with E-state index in [9.17, 15) is 0 Å². The van der Waals surface area contributed by atoms with Crippen molar-refractivity contribution in [1.82, 2.24) is 4.90 Å². The molecule has 2 N–H and O–H groups in total. The van der Waals surface area contributed by atoms with E-state index < -0.39 is 0 Å². The summed E-state index contributed by atoms with van der Waals surface area (Å²) in [7, 11) is 0. The predicted molar refractivity (Wildman–Crippen MR) is 93.5 cm³/mol. The summed E-state index contributed by atoms with van der Waals surface area (Å²) in [5.41, 5.74) is 9.16. The van der Waals surface area contributed by atoms with Crippen molar-refractivity contribution in [2.45, 2.75) is 72.5 Å². The first kappa shape index (κ1) is 18.2. The summed E-state index contributed by atoms with van der Waals surface area (Å²) in [4.78, 5) is 2.65. The van der Waals surface area contributed by atoms with Gasteiger partial charge in [-0.15, -0.1) is 0 Å². The van der Waals surface area contributed by atoms with Crippen LogP contribution in [0.3, 0.4) is 0 Å². The number of hydrogen-bond acceptors (Lipinski definition) is 2. The topological polar surface area (TPSA) is 29.3 Å². The van der Waals surface area contributed by atoms with Crippen LogP contribution in [-0.4, -0.2) is 23.5 Å². The molecule has 1 aromatic rings. The molecule has 0 fully saturated rings. The summed E-state index contributed by atoms with van der Waals surface area (Å²) in [5, 5.41) is 0. The zero-order chi connectivity index (χ0) is 16.0. The number of hydrogen-bond donors (Lipinski definition) is 1. The molecule has 0 aliphatic heterocycles. The van der Waals surface area contributed by atoms with Crippen molar-refractivity contribution in [2.75, 3.05) is 6.54 Å². The molecular weight excluding hydrogens is 256 g/mol. The predicted octanol–water partition coefficient (Wildman–Crippen LogP) is 4.53. The van der Waals surface area contributed by atoms with Crippen molar-refractivity contribution in [2.24, 2.45) is 11.7 Å². The van der Waals surface area contributed by atoms with Gasteiger partial charge >= 0.3 is 0 Å². The largest absolute Gasteiger partial charge is 0.326 e. The number of rotatable bonds is 8. The third-order valence-electron chi connectivity index (χ3n) is 4.35. The standard InChI is InChI=1S/C19H34N2/c1-7-17(8-2)21(13-14(3)4)19(16(6)20)18-12-10-9-11-15(18)5/h9-12,14,16-17,19H,7-8,13,20H2,1-6H3. The van der Waals surface area contributed by atoms with Crippen molar-refractivity contribution in [3.8, 4) is 0 Å². The average Bonchev–Trinajstić information content (AvgIpc) is 2.41. The zero-order valence-corrected chi connectivity index (χ0v) is 14.8. The Morgan fingerprint density at radius 2 is 1.62 bits per heavy atom. The van der Waals surface area contributed by atoms with E-state index >= 15 is 0 Å². The van der Waals surface area contributed by atoms with Gasteiger partial charge in [-0.2, -0.15) is 0 Å². The van der Waals surface area contributed by atoms with Gasteiger partial charge in [0.15, 0.2) is 0 Å². The number of aryl methyl sites for hydroxylation is 1. The van der Waals surface area contributed by atoms with Crippen LogP contribution in [0.25, 0.3) is 0 Å². The van der Waals surface area contributed by atoms with Gasteiger partial charge in [-0.1, -0.05) is 52.0 Å². The SMILES string of the molecule is CCC(CC)N(CC(C)C)C(c1ccccc1C)C(C)N. The van der Waals surface area contributed by atoms with E-state index in [1.807, 2.05) is 0 Å². The van der Waals surface area contributed by atoms with E-state index in [-0.39, 0.29) is 6.04 Å². The Kier molecular flexibility index (Phi) is 7.41. The highest BCUT2D eigenvalue weighted by Gasteiger charge is 2.29. The third kappa shape index (κ3) is 4.82. The van der Waals surface area contributed by atoms with E-state index in [1.54, 1.807) is 0 Å². The van der Waals surface area contributed by atoms with Crippen LogP contribution < -0.4 is 5.73 Å². The van der Waals surface area contributed by atoms with Gasteiger partial charge in [-0.05, 0) is 43.7 Å². The van der Waals surface area contributed by atoms with Gasteiger partial charge in [-0.25, -0.2) is 0 Å². The van der Waals surface area contributed by atoms with E-state index in [1.165, 1.54) is 24.0 Å². The maximum atomic E-state index is 6.42. The van der Waals surface area contributed by atoms with E-state index in [0.717, 1.165) is 6.54 Å². The fraction of sp³-hybridized carbons (Fsp3) is 0.684. The summed E-state index contributed by atoms with van der Waals surface area (Å²) < 4.78 is 0. The second kappa shape index (κ2) is 8.55. The molecule has 1 aromatic carbocycles. The summed E-state index contributed by atoms with van der Waals surface area (Å²) >= 11 is 0. The Bertz CT molecular complexity index is 408. The Balaban J connectivity index is 3.22. The van der Waals surface area contributed by atoms with E-state index in [0.29, 0.717) is 18.0 Å². The minimum absolute atomic E-state index is 0.130. The first-order valence-electron chi connectivity index (χ1n) is 8.49. The van der Waals surface area contributed by atoms with E-state index in [2.05, 4.69) is 70.7 Å². The fourth-order valence-electron chi connectivity index (χ4n) is 3.35. The monoisotopic (exact) mass is 290 g/mol. The van der Waals surface area contributed by atoms with Gasteiger partial charge in [-0.3, -0.25) is 4.90 Å². The normalized spacial score (nSPS) is 15.0. The number of benzene rings is 1. The number of nitrogens with two attached hydrogens (primary N) is 1. The molecule has 120 valence electrons. The lowest BCUT2D eigenvalue weighted by Gasteiger charge is -2.41. The lowest BCUT2D eigenvalue weighted by atomic mass is 9.92. The van der Waals surface area contributed by atoms with Crippen LogP contribution in [-0.2, 0) is 0 Å². The Morgan fingerprint density at radius 3 is 2.05 bits per heavy atom. The van der Waals surface area contributed by atoms with Crippen molar-refractivity contribution >= 4 is 0 Å². The van der Waals surface area contributed by atoms with Crippen molar-refractivity contribution in [1.29, 1.82) is 0 Å². The smallest absolute Gasteiger partial charge is 0.0502 e. The van der Waals surface area contributed by atoms with Crippen LogP contribution in [0.2, 0.25) is 0 Å². The average molecular weight is 290 g/mol. The molecule has 0 aromatic heterocycles. The maximum Gasteiger partial charge on any atom is 0.0502 e. The lowest BCUT2D eigenvalue weighted by Crippen LogP contribution is -2.46. The summed E-state index contributed by atoms with van der Waals surface area (Å²) in [6.07, 6.45) is 2.36. The number of nitrogens with zero attached hydrogens (tertiary/aromatic N) is 1. The van der Waals surface area contributed by atoms with Crippen LogP contribution >= 0.6 is 0 Å². The van der Waals surface area contributed by atoms with Gasteiger partial charge in [0.25, 0.3) is 0 Å². The minimum atomic E-state index is 0.130. The van der Waals surface area contributed by atoms with Gasteiger partial charge in [0.1, 0.15) is 0 Å². The van der Waals surface area contributed by atoms with Crippen molar-refractivity contribution in [3.05, 3.63) is 35.4 Å². The molecule has 2 atom stereocenters. The van der Waals surface area contributed by atoms with Crippen LogP contribution in [0.1, 0.15) is 64.6 Å². The molecule has 0 amide bonds. The molecule has 2 heteroatoms. The fourth-order valence-corrected chi connectivity index (χ4v) is 3.35. The zero-order valence-electron chi connectivity index (χ0n) is 14.8. The second-order valence-corrected chi connectivity index (χ2v) is 6.72. The quantitative estimate of drug-likeness (QED) is 0.762. The van der Waals surface area contributed by atoms with Crippen LogP contribution in [0.5, 0.6) is 0 Å².